The maximum Gasteiger partial charge on any atom is 0.322 e. The summed E-state index contributed by atoms with van der Waals surface area (Å²) < 4.78 is 11.5. The number of thiazole rings is 1. The minimum Gasteiger partial charge on any atom is -0.469 e. The first kappa shape index (κ1) is 21.8. The number of pyridine rings is 1. The number of aromatic nitrogens is 2. The van der Waals surface area contributed by atoms with Gasteiger partial charge < -0.3 is 9.47 Å². The van der Waals surface area contributed by atoms with Crippen LogP contribution in [0.25, 0.3) is 0 Å². The highest BCUT2D eigenvalue weighted by Crippen LogP contribution is 2.36. The summed E-state index contributed by atoms with van der Waals surface area (Å²) in [4.78, 5) is 33.0. The van der Waals surface area contributed by atoms with Crippen LogP contribution in [0.5, 0.6) is 5.88 Å². The minimum absolute atomic E-state index is 0.155. The van der Waals surface area contributed by atoms with Crippen molar-refractivity contribution >= 4 is 50.8 Å². The Balaban J connectivity index is 1.95. The predicted molar refractivity (Wildman–Crippen MR) is 110 cm³/mol. The number of ether oxygens (including phenoxy) is 2. The van der Waals surface area contributed by atoms with Gasteiger partial charge in [-0.1, -0.05) is 11.8 Å². The molecular weight excluding hydrogens is 452 g/mol. The van der Waals surface area contributed by atoms with Crippen LogP contribution < -0.4 is 4.74 Å². The average Bonchev–Trinajstić information content (AvgIpc) is 3.00. The van der Waals surface area contributed by atoms with Crippen LogP contribution >= 0.6 is 39.0 Å². The van der Waals surface area contributed by atoms with Gasteiger partial charge in [0.1, 0.15) is 16.0 Å². The monoisotopic (exact) mass is 472 g/mol. The summed E-state index contributed by atoms with van der Waals surface area (Å²) in [6.45, 7) is 8.87. The Labute approximate surface area is 175 Å². The Morgan fingerprint density at radius 3 is 2.52 bits per heavy atom. The van der Waals surface area contributed by atoms with Gasteiger partial charge in [0, 0.05) is 22.1 Å². The van der Waals surface area contributed by atoms with E-state index in [2.05, 4.69) is 25.9 Å². The first-order valence-corrected chi connectivity index (χ1v) is 10.6. The van der Waals surface area contributed by atoms with Gasteiger partial charge in [0.2, 0.25) is 11.7 Å². The fourth-order valence-corrected chi connectivity index (χ4v) is 4.20. The Hall–Kier alpha value is -1.45. The molecule has 2 rings (SSSR count). The number of hydrogen-bond donors (Lipinski definition) is 0. The highest BCUT2D eigenvalue weighted by molar-refractivity contribution is 9.10. The van der Waals surface area contributed by atoms with E-state index in [0.717, 1.165) is 4.47 Å². The number of rotatable bonds is 7. The number of carbonyl (C=O) groups excluding carboxylic acids is 2. The molecule has 27 heavy (non-hydrogen) atoms. The second-order valence-corrected chi connectivity index (χ2v) is 10.8. The van der Waals surface area contributed by atoms with Crippen LogP contribution in [0.3, 0.4) is 0 Å². The molecule has 146 valence electrons. The summed E-state index contributed by atoms with van der Waals surface area (Å²) >= 11 is 5.87. The second-order valence-electron chi connectivity index (χ2n) is 7.14. The summed E-state index contributed by atoms with van der Waals surface area (Å²) in [5.41, 5.74) is -0.253. The lowest BCUT2D eigenvalue weighted by Crippen LogP contribution is -2.36. The van der Waals surface area contributed by atoms with E-state index in [0.29, 0.717) is 15.9 Å². The van der Waals surface area contributed by atoms with E-state index in [9.17, 15) is 9.59 Å². The average molecular weight is 473 g/mol. The number of esters is 1. The molecule has 0 aliphatic heterocycles. The Kier molecular flexibility index (Phi) is 7.04. The normalized spacial score (nSPS) is 11.9. The molecule has 2 aromatic rings. The van der Waals surface area contributed by atoms with Crippen molar-refractivity contribution in [1.82, 2.24) is 9.97 Å². The number of halogens is 1. The zero-order chi connectivity index (χ0) is 20.2. The number of ketones is 1. The second kappa shape index (κ2) is 8.70. The fourth-order valence-electron chi connectivity index (χ4n) is 1.75. The molecule has 0 bridgehead atoms. The standard InChI is InChI=1S/C18H21BrN2O4S2/c1-17(2,3)25-15(23)18(4,5)27-16-21-12(10-26-16)13(22)9-24-14-7-6-11(19)8-20-14/h6-8,10H,9H2,1-5H3. The van der Waals surface area contributed by atoms with Gasteiger partial charge in [-0.15, -0.1) is 11.3 Å². The van der Waals surface area contributed by atoms with Crippen LogP contribution in [0.1, 0.15) is 45.1 Å². The number of nitrogens with zero attached hydrogens (tertiary/aromatic N) is 2. The molecule has 6 nitrogen and oxygen atoms in total. The van der Waals surface area contributed by atoms with Crippen molar-refractivity contribution in [3.8, 4) is 5.88 Å². The molecule has 0 amide bonds. The van der Waals surface area contributed by atoms with Crippen molar-refractivity contribution in [2.24, 2.45) is 0 Å². The maximum atomic E-state index is 12.3. The van der Waals surface area contributed by atoms with Crippen molar-refractivity contribution in [2.45, 2.75) is 49.3 Å². The van der Waals surface area contributed by atoms with E-state index in [1.807, 2.05) is 20.8 Å². The molecule has 0 aliphatic carbocycles. The molecule has 0 fully saturated rings. The Bertz CT molecular complexity index is 814. The molecule has 0 saturated carbocycles. The van der Waals surface area contributed by atoms with Crippen LogP contribution in [0.2, 0.25) is 0 Å². The van der Waals surface area contributed by atoms with Gasteiger partial charge in [-0.3, -0.25) is 9.59 Å². The zero-order valence-electron chi connectivity index (χ0n) is 15.7. The highest BCUT2D eigenvalue weighted by atomic mass is 79.9. The SMILES string of the molecule is CC(C)(C)OC(=O)C(C)(C)Sc1nc(C(=O)COc2ccc(Br)cn2)cs1. The molecular formula is C18H21BrN2O4S2. The third kappa shape index (κ3) is 6.90. The van der Waals surface area contributed by atoms with Crippen LogP contribution in [-0.4, -0.2) is 38.7 Å². The predicted octanol–water partition coefficient (Wildman–Crippen LogP) is 4.77. The smallest absolute Gasteiger partial charge is 0.322 e. The van der Waals surface area contributed by atoms with E-state index >= 15 is 0 Å². The van der Waals surface area contributed by atoms with Gasteiger partial charge in [-0.25, -0.2) is 9.97 Å². The molecule has 2 heterocycles. The van der Waals surface area contributed by atoms with Crippen molar-refractivity contribution < 1.29 is 19.1 Å². The lowest BCUT2D eigenvalue weighted by Gasteiger charge is -2.27. The lowest BCUT2D eigenvalue weighted by molar-refractivity contribution is -0.156. The Morgan fingerprint density at radius 2 is 1.93 bits per heavy atom. The van der Waals surface area contributed by atoms with Gasteiger partial charge in [-0.2, -0.15) is 0 Å². The van der Waals surface area contributed by atoms with E-state index in [1.54, 1.807) is 37.6 Å². The summed E-state index contributed by atoms with van der Waals surface area (Å²) in [5, 5.41) is 1.66. The van der Waals surface area contributed by atoms with Crippen LogP contribution in [0.4, 0.5) is 0 Å². The molecule has 0 aromatic carbocycles. The molecule has 9 heteroatoms. The van der Waals surface area contributed by atoms with Gasteiger partial charge >= 0.3 is 5.97 Å². The number of thioether (sulfide) groups is 1. The zero-order valence-corrected chi connectivity index (χ0v) is 19.0. The molecule has 0 unspecified atom stereocenters. The maximum absolute atomic E-state index is 12.3. The molecule has 0 saturated heterocycles. The van der Waals surface area contributed by atoms with E-state index < -0.39 is 10.3 Å². The van der Waals surface area contributed by atoms with Gasteiger partial charge in [0.25, 0.3) is 0 Å². The Morgan fingerprint density at radius 1 is 1.22 bits per heavy atom. The summed E-state index contributed by atoms with van der Waals surface area (Å²) in [5.74, 6) is -0.215. The fraction of sp³-hybridized carbons (Fsp3) is 0.444. The largest absolute Gasteiger partial charge is 0.469 e. The molecule has 2 aromatic heterocycles. The van der Waals surface area contributed by atoms with Crippen LogP contribution in [0, 0.1) is 0 Å². The lowest BCUT2D eigenvalue weighted by atomic mass is 10.1. The number of carbonyl (C=O) groups is 2. The minimum atomic E-state index is -0.816. The molecule has 0 atom stereocenters. The van der Waals surface area contributed by atoms with Crippen molar-refractivity contribution in [1.29, 1.82) is 0 Å². The summed E-state index contributed by atoms with van der Waals surface area (Å²) in [6, 6.07) is 3.45. The summed E-state index contributed by atoms with van der Waals surface area (Å²) in [7, 11) is 0. The molecule has 0 N–H and O–H groups in total. The number of hydrogen-bond acceptors (Lipinski definition) is 8. The van der Waals surface area contributed by atoms with Crippen LogP contribution in [0.15, 0.2) is 32.5 Å². The topological polar surface area (TPSA) is 78.4 Å². The molecule has 0 aliphatic rings. The summed E-state index contributed by atoms with van der Waals surface area (Å²) in [6.07, 6.45) is 1.59. The van der Waals surface area contributed by atoms with Crippen molar-refractivity contribution in [2.75, 3.05) is 6.61 Å². The van der Waals surface area contributed by atoms with E-state index in [1.165, 1.54) is 23.1 Å². The highest BCUT2D eigenvalue weighted by Gasteiger charge is 2.35. The van der Waals surface area contributed by atoms with E-state index in [-0.39, 0.29) is 18.4 Å². The molecule has 0 radical (unpaired) electrons. The first-order valence-electron chi connectivity index (χ1n) is 8.12. The van der Waals surface area contributed by atoms with Crippen molar-refractivity contribution in [3.63, 3.8) is 0 Å². The van der Waals surface area contributed by atoms with Gasteiger partial charge in [0.15, 0.2) is 10.9 Å². The third-order valence-electron chi connectivity index (χ3n) is 3.05. The van der Waals surface area contributed by atoms with Crippen molar-refractivity contribution in [3.05, 3.63) is 33.9 Å². The van der Waals surface area contributed by atoms with Gasteiger partial charge in [-0.05, 0) is 56.6 Å². The number of Topliss-reactive ketones (excluding diaryl/α,β-unsaturated/α-hetero) is 1. The molecule has 0 spiro atoms. The quantitative estimate of drug-likeness (QED) is 0.326. The van der Waals surface area contributed by atoms with Crippen LogP contribution in [-0.2, 0) is 9.53 Å². The third-order valence-corrected chi connectivity index (χ3v) is 5.64. The van der Waals surface area contributed by atoms with Gasteiger partial charge in [0.05, 0.1) is 0 Å². The van der Waals surface area contributed by atoms with E-state index in [4.69, 9.17) is 9.47 Å². The first-order chi connectivity index (χ1) is 12.5.